The quantitative estimate of drug-likeness (QED) is 0.832. The Kier molecular flexibility index (Phi) is 4.26. The molecule has 5 heteroatoms. The Morgan fingerprint density at radius 2 is 1.76 bits per heavy atom. The van der Waals surface area contributed by atoms with E-state index in [-0.39, 0.29) is 17.2 Å². The molecule has 0 aliphatic rings. The molecule has 1 aromatic rings. The van der Waals surface area contributed by atoms with Gasteiger partial charge in [0.05, 0.1) is 0 Å². The average molecular weight is 243 g/mol. The Balaban J connectivity index is 3.03. The molecule has 1 heterocycles. The molecule has 0 spiro atoms. The fraction of sp³-hybridized carbons (Fsp3) is 0.583. The van der Waals surface area contributed by atoms with E-state index in [0.29, 0.717) is 6.54 Å². The minimum absolute atomic E-state index is 0.0725. The van der Waals surface area contributed by atoms with Crippen molar-refractivity contribution in [3.8, 4) is 0 Å². The highest BCUT2D eigenvalue weighted by Gasteiger charge is 2.19. The maximum atomic E-state index is 13.5. The van der Waals surface area contributed by atoms with Gasteiger partial charge in [0.15, 0.2) is 23.3 Å². The van der Waals surface area contributed by atoms with Crippen LogP contribution >= 0.6 is 0 Å². The summed E-state index contributed by atoms with van der Waals surface area (Å²) >= 11 is 0. The number of halogens is 2. The van der Waals surface area contributed by atoms with Gasteiger partial charge in [0.1, 0.15) is 0 Å². The molecule has 1 rings (SSSR count). The second kappa shape index (κ2) is 5.29. The predicted octanol–water partition coefficient (Wildman–Crippen LogP) is 3.39. The van der Waals surface area contributed by atoms with Crippen molar-refractivity contribution in [1.29, 1.82) is 0 Å². The first kappa shape index (κ1) is 13.7. The van der Waals surface area contributed by atoms with Crippen LogP contribution in [-0.4, -0.2) is 17.1 Å². The van der Waals surface area contributed by atoms with Crippen LogP contribution in [-0.2, 0) is 0 Å². The molecule has 0 aliphatic carbocycles. The van der Waals surface area contributed by atoms with Crippen LogP contribution in [0.5, 0.6) is 0 Å². The van der Waals surface area contributed by atoms with Crippen molar-refractivity contribution in [3.05, 3.63) is 17.7 Å². The highest BCUT2D eigenvalue weighted by molar-refractivity contribution is 5.48. The second-order valence-electron chi connectivity index (χ2n) is 4.54. The lowest BCUT2D eigenvalue weighted by Gasteiger charge is -2.25. The minimum Gasteiger partial charge on any atom is -0.368 e. The zero-order valence-corrected chi connectivity index (χ0v) is 10.7. The molecule has 0 saturated heterocycles. The fourth-order valence-electron chi connectivity index (χ4n) is 1.25. The number of rotatable bonds is 5. The Hall–Kier alpha value is -1.39. The Bertz CT molecular complexity index is 392. The standard InChI is InChI=1S/C12H19F2N3/c1-5-12(3,4)17-11-9(14)7-8(13)10(16-11)15-6-2/h7H,5-6H2,1-4H3,(H2,15,16,17). The van der Waals surface area contributed by atoms with Crippen molar-refractivity contribution in [3.63, 3.8) is 0 Å². The van der Waals surface area contributed by atoms with Gasteiger partial charge in [0, 0.05) is 18.2 Å². The number of anilines is 2. The topological polar surface area (TPSA) is 37.0 Å². The maximum Gasteiger partial charge on any atom is 0.168 e. The van der Waals surface area contributed by atoms with E-state index in [0.717, 1.165) is 12.5 Å². The molecule has 0 radical (unpaired) electrons. The van der Waals surface area contributed by atoms with Gasteiger partial charge < -0.3 is 10.6 Å². The van der Waals surface area contributed by atoms with Gasteiger partial charge >= 0.3 is 0 Å². The first-order chi connectivity index (χ1) is 7.89. The third-order valence-corrected chi connectivity index (χ3v) is 2.61. The summed E-state index contributed by atoms with van der Waals surface area (Å²) in [5.41, 5.74) is -0.283. The lowest BCUT2D eigenvalue weighted by molar-refractivity contribution is 0.527. The highest BCUT2D eigenvalue weighted by atomic mass is 19.1. The number of pyridine rings is 1. The largest absolute Gasteiger partial charge is 0.368 e. The van der Waals surface area contributed by atoms with Crippen molar-refractivity contribution < 1.29 is 8.78 Å². The van der Waals surface area contributed by atoms with Crippen LogP contribution in [0.1, 0.15) is 34.1 Å². The number of nitrogens with zero attached hydrogens (tertiary/aromatic N) is 1. The van der Waals surface area contributed by atoms with Crippen LogP contribution in [0.4, 0.5) is 20.4 Å². The lowest BCUT2D eigenvalue weighted by atomic mass is 10.0. The van der Waals surface area contributed by atoms with E-state index >= 15 is 0 Å². The van der Waals surface area contributed by atoms with E-state index in [2.05, 4.69) is 15.6 Å². The smallest absolute Gasteiger partial charge is 0.168 e. The van der Waals surface area contributed by atoms with Gasteiger partial charge in [-0.05, 0) is 27.2 Å². The molecule has 0 aromatic carbocycles. The molecular weight excluding hydrogens is 224 g/mol. The number of nitrogens with one attached hydrogen (secondary N) is 2. The minimum atomic E-state index is -0.677. The summed E-state index contributed by atoms with van der Waals surface area (Å²) in [5, 5.41) is 5.72. The zero-order valence-electron chi connectivity index (χ0n) is 10.7. The molecule has 0 unspecified atom stereocenters. The SMILES string of the molecule is CCNc1nc(NC(C)(C)CC)c(F)cc1F. The van der Waals surface area contributed by atoms with Crippen molar-refractivity contribution >= 4 is 11.6 Å². The predicted molar refractivity (Wildman–Crippen MR) is 66.3 cm³/mol. The van der Waals surface area contributed by atoms with Gasteiger partial charge in [-0.2, -0.15) is 0 Å². The number of aromatic nitrogens is 1. The van der Waals surface area contributed by atoms with E-state index in [1.165, 1.54) is 0 Å². The van der Waals surface area contributed by atoms with E-state index in [4.69, 9.17) is 0 Å². The van der Waals surface area contributed by atoms with Gasteiger partial charge in [0.25, 0.3) is 0 Å². The molecule has 2 N–H and O–H groups in total. The van der Waals surface area contributed by atoms with Crippen molar-refractivity contribution in [2.24, 2.45) is 0 Å². The molecule has 0 amide bonds. The first-order valence-corrected chi connectivity index (χ1v) is 5.77. The summed E-state index contributed by atoms with van der Waals surface area (Å²) < 4.78 is 26.9. The Morgan fingerprint density at radius 3 is 2.29 bits per heavy atom. The third-order valence-electron chi connectivity index (χ3n) is 2.61. The molecule has 0 saturated carbocycles. The van der Waals surface area contributed by atoms with Crippen LogP contribution in [0.3, 0.4) is 0 Å². The molecule has 0 atom stereocenters. The summed E-state index contributed by atoms with van der Waals surface area (Å²) in [5.74, 6) is -1.20. The van der Waals surface area contributed by atoms with Gasteiger partial charge in [-0.3, -0.25) is 0 Å². The molecule has 0 aliphatic heterocycles. The van der Waals surface area contributed by atoms with Gasteiger partial charge in [-0.25, -0.2) is 13.8 Å². The van der Waals surface area contributed by atoms with E-state index < -0.39 is 11.6 Å². The highest BCUT2D eigenvalue weighted by Crippen LogP contribution is 2.23. The molecule has 96 valence electrons. The summed E-state index contributed by atoms with van der Waals surface area (Å²) in [6.45, 7) is 8.22. The summed E-state index contributed by atoms with van der Waals surface area (Å²) in [6.07, 6.45) is 0.808. The molecule has 0 bridgehead atoms. The van der Waals surface area contributed by atoms with Crippen LogP contribution in [0.25, 0.3) is 0 Å². The monoisotopic (exact) mass is 243 g/mol. The molecule has 1 aromatic heterocycles. The Morgan fingerprint density at radius 1 is 1.18 bits per heavy atom. The molecule has 17 heavy (non-hydrogen) atoms. The number of hydrogen-bond donors (Lipinski definition) is 2. The molecule has 0 fully saturated rings. The fourth-order valence-corrected chi connectivity index (χ4v) is 1.25. The summed E-state index contributed by atoms with van der Waals surface area (Å²) in [7, 11) is 0. The van der Waals surface area contributed by atoms with Crippen molar-refractivity contribution in [2.45, 2.75) is 39.7 Å². The zero-order chi connectivity index (χ0) is 13.1. The van der Waals surface area contributed by atoms with E-state index in [9.17, 15) is 8.78 Å². The molecule has 3 nitrogen and oxygen atoms in total. The van der Waals surface area contributed by atoms with Crippen LogP contribution in [0, 0.1) is 11.6 Å². The molecular formula is C12H19F2N3. The second-order valence-corrected chi connectivity index (χ2v) is 4.54. The van der Waals surface area contributed by atoms with Gasteiger partial charge in [-0.1, -0.05) is 6.92 Å². The normalized spacial score (nSPS) is 11.4. The van der Waals surface area contributed by atoms with Crippen LogP contribution in [0.15, 0.2) is 6.07 Å². The Labute approximate surface area is 101 Å². The van der Waals surface area contributed by atoms with Crippen LogP contribution < -0.4 is 10.6 Å². The summed E-state index contributed by atoms with van der Waals surface area (Å²) in [6, 6.07) is 0.846. The van der Waals surface area contributed by atoms with E-state index in [1.807, 2.05) is 27.7 Å². The third kappa shape index (κ3) is 3.54. The van der Waals surface area contributed by atoms with Crippen LogP contribution in [0.2, 0.25) is 0 Å². The number of hydrogen-bond acceptors (Lipinski definition) is 3. The first-order valence-electron chi connectivity index (χ1n) is 5.77. The van der Waals surface area contributed by atoms with Crippen molar-refractivity contribution in [1.82, 2.24) is 4.98 Å². The lowest BCUT2D eigenvalue weighted by Crippen LogP contribution is -2.30. The summed E-state index contributed by atoms with van der Waals surface area (Å²) in [4.78, 5) is 3.92. The van der Waals surface area contributed by atoms with E-state index in [1.54, 1.807) is 0 Å². The van der Waals surface area contributed by atoms with Gasteiger partial charge in [0.2, 0.25) is 0 Å². The average Bonchev–Trinajstić information content (AvgIpc) is 2.25. The maximum absolute atomic E-state index is 13.5. The van der Waals surface area contributed by atoms with Gasteiger partial charge in [-0.15, -0.1) is 0 Å². The van der Waals surface area contributed by atoms with Crippen molar-refractivity contribution in [2.75, 3.05) is 17.2 Å².